The van der Waals surface area contributed by atoms with Crippen molar-refractivity contribution in [2.75, 3.05) is 44.2 Å². The minimum absolute atomic E-state index is 0.0575. The van der Waals surface area contributed by atoms with Gasteiger partial charge in [0.15, 0.2) is 0 Å². The first-order valence-electron chi connectivity index (χ1n) is 12.9. The van der Waals surface area contributed by atoms with Gasteiger partial charge >= 0.3 is 12.1 Å². The zero-order chi connectivity index (χ0) is 26.6. The van der Waals surface area contributed by atoms with Crippen molar-refractivity contribution in [1.29, 1.82) is 0 Å². The average molecular weight is 540 g/mol. The number of nitrogens with one attached hydrogen (secondary N) is 1. The Morgan fingerprint density at radius 3 is 2.29 bits per heavy atom. The lowest BCUT2D eigenvalue weighted by Crippen LogP contribution is -2.51. The summed E-state index contributed by atoms with van der Waals surface area (Å²) in [6.45, 7) is 2.99. The second-order valence-electron chi connectivity index (χ2n) is 9.65. The molecule has 38 heavy (non-hydrogen) atoms. The van der Waals surface area contributed by atoms with Crippen molar-refractivity contribution in [1.82, 2.24) is 20.2 Å². The maximum Gasteiger partial charge on any atom is 0.434 e. The van der Waals surface area contributed by atoms with Crippen molar-refractivity contribution in [3.05, 3.63) is 64.7 Å². The van der Waals surface area contributed by atoms with Gasteiger partial charge in [-0.25, -0.2) is 9.59 Å². The summed E-state index contributed by atoms with van der Waals surface area (Å²) in [5.74, 6) is -0.661. The molecule has 2 aromatic rings. The monoisotopic (exact) mass is 539 g/mol. The van der Waals surface area contributed by atoms with Gasteiger partial charge in [-0.1, -0.05) is 53.1 Å². The minimum atomic E-state index is -0.795. The highest BCUT2D eigenvalue weighted by Gasteiger charge is 2.42. The number of anilines is 1. The Morgan fingerprint density at radius 2 is 1.58 bits per heavy atom. The molecule has 0 spiro atoms. The molecule has 2 aromatic carbocycles. The molecule has 3 fully saturated rings. The Hall–Kier alpha value is -3.79. The molecular formula is C27H30ClN5O5. The Bertz CT molecular complexity index is 1210. The lowest BCUT2D eigenvalue weighted by molar-refractivity contribution is -0.151. The first-order chi connectivity index (χ1) is 18.4. The number of nitrogens with zero attached hydrogens (tertiary/aromatic N) is 4. The zero-order valence-electron chi connectivity index (χ0n) is 21.0. The van der Waals surface area contributed by atoms with Crippen molar-refractivity contribution in [2.45, 2.75) is 31.7 Å². The largest absolute Gasteiger partial charge is 0.434 e. The molecule has 5 rings (SSSR count). The van der Waals surface area contributed by atoms with Gasteiger partial charge in [-0.2, -0.15) is 0 Å². The van der Waals surface area contributed by atoms with Crippen molar-refractivity contribution >= 4 is 41.2 Å². The molecular weight excluding hydrogens is 510 g/mol. The number of piperidine rings is 1. The fraction of sp³-hybridized carbons (Fsp3) is 0.407. The summed E-state index contributed by atoms with van der Waals surface area (Å²) < 4.78 is 0. The summed E-state index contributed by atoms with van der Waals surface area (Å²) in [4.78, 5) is 61.3. The second kappa shape index (κ2) is 11.3. The quantitative estimate of drug-likeness (QED) is 0.585. The summed E-state index contributed by atoms with van der Waals surface area (Å²) >= 11 is 6.69. The molecule has 200 valence electrons. The van der Waals surface area contributed by atoms with Gasteiger partial charge in [-0.05, 0) is 37.0 Å². The van der Waals surface area contributed by atoms with Crippen LogP contribution >= 0.6 is 11.6 Å². The van der Waals surface area contributed by atoms with Crippen LogP contribution in [0.4, 0.5) is 15.3 Å². The molecule has 0 aliphatic carbocycles. The predicted octanol–water partition coefficient (Wildman–Crippen LogP) is 3.30. The third-order valence-corrected chi connectivity index (χ3v) is 7.56. The van der Waals surface area contributed by atoms with Crippen molar-refractivity contribution < 1.29 is 24.0 Å². The van der Waals surface area contributed by atoms with E-state index in [1.54, 1.807) is 6.07 Å². The number of rotatable bonds is 5. The van der Waals surface area contributed by atoms with Gasteiger partial charge in [-0.15, -0.1) is 0 Å². The number of carbonyl (C=O) groups excluding carboxylic acids is 4. The maximum absolute atomic E-state index is 13.0. The van der Waals surface area contributed by atoms with Crippen molar-refractivity contribution in [3.63, 3.8) is 0 Å². The molecule has 0 aromatic heterocycles. The van der Waals surface area contributed by atoms with E-state index in [2.05, 4.69) is 5.32 Å². The van der Waals surface area contributed by atoms with E-state index in [0.29, 0.717) is 48.2 Å². The first-order valence-corrected chi connectivity index (χ1v) is 13.3. The molecule has 3 saturated heterocycles. The molecule has 1 N–H and O–H groups in total. The van der Waals surface area contributed by atoms with Crippen LogP contribution in [0.1, 0.15) is 35.2 Å². The predicted molar refractivity (Wildman–Crippen MR) is 141 cm³/mol. The number of urea groups is 1. The SMILES string of the molecule is O=C(ON1C(=O)NC(Cc2ccccc2)C1=O)N1CCN(c2cccc(C(=O)N3CCCCC3)c2Cl)CC1. The molecule has 0 bridgehead atoms. The topological polar surface area (TPSA) is 102 Å². The minimum Gasteiger partial charge on any atom is -0.367 e. The van der Waals surface area contributed by atoms with Crippen LogP contribution in [-0.4, -0.2) is 84.1 Å². The Morgan fingerprint density at radius 1 is 0.868 bits per heavy atom. The summed E-state index contributed by atoms with van der Waals surface area (Å²) in [5.41, 5.74) is 2.10. The molecule has 3 heterocycles. The standard InChI is InChI=1S/C27H30ClN5O5/c28-23-20(24(34)31-12-5-2-6-13-31)10-7-11-22(23)30-14-16-32(17-15-30)27(37)38-33-25(35)21(29-26(33)36)18-19-8-3-1-4-9-19/h1,3-4,7-11,21H,2,5-6,12-18H2,(H,29,36). The third kappa shape index (κ3) is 5.40. The van der Waals surface area contributed by atoms with Gasteiger partial charge in [0.05, 0.1) is 16.3 Å². The summed E-state index contributed by atoms with van der Waals surface area (Å²) in [5, 5.41) is 3.49. The fourth-order valence-electron chi connectivity index (χ4n) is 5.05. The molecule has 3 aliphatic rings. The molecule has 10 nitrogen and oxygen atoms in total. The van der Waals surface area contributed by atoms with Gasteiger partial charge in [0.1, 0.15) is 6.04 Å². The van der Waals surface area contributed by atoms with Gasteiger partial charge in [-0.3, -0.25) is 9.59 Å². The summed E-state index contributed by atoms with van der Waals surface area (Å²) in [6.07, 6.45) is 2.67. The van der Waals surface area contributed by atoms with Crippen LogP contribution in [0.5, 0.6) is 0 Å². The molecule has 5 amide bonds. The van der Waals surface area contributed by atoms with Gasteiger partial charge < -0.3 is 24.9 Å². The average Bonchev–Trinajstić information content (AvgIpc) is 3.21. The molecule has 0 saturated carbocycles. The Balaban J connectivity index is 1.17. The molecule has 3 aliphatic heterocycles. The van der Waals surface area contributed by atoms with Gasteiger partial charge in [0.2, 0.25) is 0 Å². The number of halogens is 1. The van der Waals surface area contributed by atoms with E-state index in [1.165, 1.54) is 4.90 Å². The number of piperazine rings is 1. The first kappa shape index (κ1) is 25.8. The molecule has 1 unspecified atom stereocenters. The maximum atomic E-state index is 13.0. The molecule has 1 atom stereocenters. The van der Waals surface area contributed by atoms with E-state index in [1.807, 2.05) is 52.3 Å². The number of likely N-dealkylation sites (tertiary alicyclic amines) is 1. The Labute approximate surface area is 226 Å². The zero-order valence-corrected chi connectivity index (χ0v) is 21.7. The van der Waals surface area contributed by atoms with Crippen LogP contribution in [-0.2, 0) is 16.1 Å². The van der Waals surface area contributed by atoms with E-state index in [4.69, 9.17) is 16.4 Å². The number of imide groups is 1. The molecule has 11 heteroatoms. The number of hydrogen-bond donors (Lipinski definition) is 1. The number of amides is 5. The van der Waals surface area contributed by atoms with E-state index in [0.717, 1.165) is 43.6 Å². The lowest BCUT2D eigenvalue weighted by Gasteiger charge is -2.36. The second-order valence-corrected chi connectivity index (χ2v) is 10.0. The van der Waals surface area contributed by atoms with Gasteiger partial charge in [0, 0.05) is 45.7 Å². The van der Waals surface area contributed by atoms with Gasteiger partial charge in [0.25, 0.3) is 11.8 Å². The van der Waals surface area contributed by atoms with Crippen LogP contribution in [0.25, 0.3) is 0 Å². The van der Waals surface area contributed by atoms with E-state index >= 15 is 0 Å². The van der Waals surface area contributed by atoms with E-state index in [9.17, 15) is 19.2 Å². The lowest BCUT2D eigenvalue weighted by atomic mass is 10.1. The summed E-state index contributed by atoms with van der Waals surface area (Å²) in [7, 11) is 0. The molecule has 0 radical (unpaired) electrons. The van der Waals surface area contributed by atoms with Crippen LogP contribution in [0.2, 0.25) is 5.02 Å². The number of hydrogen-bond acceptors (Lipinski definition) is 6. The smallest absolute Gasteiger partial charge is 0.367 e. The van der Waals surface area contributed by atoms with Crippen LogP contribution < -0.4 is 10.2 Å². The van der Waals surface area contributed by atoms with Crippen LogP contribution in [0.3, 0.4) is 0 Å². The normalized spacial score (nSPS) is 20.0. The van der Waals surface area contributed by atoms with Crippen LogP contribution in [0.15, 0.2) is 48.5 Å². The third-order valence-electron chi connectivity index (χ3n) is 7.16. The highest BCUT2D eigenvalue weighted by Crippen LogP contribution is 2.31. The van der Waals surface area contributed by atoms with E-state index < -0.39 is 24.1 Å². The highest BCUT2D eigenvalue weighted by molar-refractivity contribution is 6.36. The highest BCUT2D eigenvalue weighted by atomic mass is 35.5. The Kier molecular flexibility index (Phi) is 7.69. The van der Waals surface area contributed by atoms with E-state index in [-0.39, 0.29) is 5.91 Å². The van der Waals surface area contributed by atoms with Crippen molar-refractivity contribution in [3.8, 4) is 0 Å². The summed E-state index contributed by atoms with van der Waals surface area (Å²) in [6, 6.07) is 13.2. The van der Waals surface area contributed by atoms with Crippen molar-refractivity contribution in [2.24, 2.45) is 0 Å². The number of benzene rings is 2. The fourth-order valence-corrected chi connectivity index (χ4v) is 5.37. The number of carbonyl (C=O) groups is 4. The number of hydroxylamine groups is 2. The van der Waals surface area contributed by atoms with Crippen LogP contribution in [0, 0.1) is 0 Å².